The van der Waals surface area contributed by atoms with E-state index in [9.17, 15) is 0 Å². The first-order valence-corrected chi connectivity index (χ1v) is 7.50. The summed E-state index contributed by atoms with van der Waals surface area (Å²) in [5.74, 6) is 1.35. The molecule has 112 valence electrons. The van der Waals surface area contributed by atoms with Gasteiger partial charge >= 0.3 is 0 Å². The third-order valence-electron chi connectivity index (χ3n) is 4.31. The van der Waals surface area contributed by atoms with Gasteiger partial charge in [0, 0.05) is 19.1 Å². The zero-order valence-electron chi connectivity index (χ0n) is 12.9. The number of hydrogen-bond donors (Lipinski definition) is 1. The number of rotatable bonds is 5. The Labute approximate surface area is 122 Å². The second-order valence-corrected chi connectivity index (χ2v) is 6.56. The molecule has 1 aromatic carbocycles. The van der Waals surface area contributed by atoms with Crippen molar-refractivity contribution < 1.29 is 9.47 Å². The van der Waals surface area contributed by atoms with Gasteiger partial charge in [-0.05, 0) is 36.3 Å². The summed E-state index contributed by atoms with van der Waals surface area (Å²) < 4.78 is 10.9. The molecule has 1 saturated carbocycles. The van der Waals surface area contributed by atoms with Crippen molar-refractivity contribution in [3.63, 3.8) is 0 Å². The van der Waals surface area contributed by atoms with Crippen molar-refractivity contribution in [3.05, 3.63) is 29.8 Å². The molecule has 0 saturated heterocycles. The van der Waals surface area contributed by atoms with Crippen molar-refractivity contribution in [2.75, 3.05) is 20.3 Å². The maximum atomic E-state index is 6.38. The topological polar surface area (TPSA) is 44.5 Å². The summed E-state index contributed by atoms with van der Waals surface area (Å²) in [6.07, 6.45) is 3.42. The normalized spacial score (nSPS) is 25.4. The van der Waals surface area contributed by atoms with Crippen LogP contribution in [-0.4, -0.2) is 26.4 Å². The smallest absolute Gasteiger partial charge is 0.122 e. The van der Waals surface area contributed by atoms with E-state index in [0.717, 1.165) is 18.6 Å². The van der Waals surface area contributed by atoms with Crippen LogP contribution in [0, 0.1) is 5.41 Å². The lowest BCUT2D eigenvalue weighted by Crippen LogP contribution is -2.37. The second-order valence-electron chi connectivity index (χ2n) is 6.56. The van der Waals surface area contributed by atoms with Gasteiger partial charge in [-0.1, -0.05) is 32.0 Å². The van der Waals surface area contributed by atoms with Crippen molar-refractivity contribution in [1.82, 2.24) is 0 Å². The van der Waals surface area contributed by atoms with Gasteiger partial charge in [-0.15, -0.1) is 0 Å². The van der Waals surface area contributed by atoms with Gasteiger partial charge in [-0.3, -0.25) is 0 Å². The van der Waals surface area contributed by atoms with E-state index in [4.69, 9.17) is 15.2 Å². The third-order valence-corrected chi connectivity index (χ3v) is 4.31. The molecular weight excluding hydrogens is 250 g/mol. The lowest BCUT2D eigenvalue weighted by Gasteiger charge is -2.40. The van der Waals surface area contributed by atoms with Gasteiger partial charge in [0.15, 0.2) is 0 Å². The van der Waals surface area contributed by atoms with E-state index in [0.29, 0.717) is 24.5 Å². The Kier molecular flexibility index (Phi) is 5.06. The number of benzene rings is 1. The minimum absolute atomic E-state index is 0.232. The molecule has 0 radical (unpaired) electrons. The minimum atomic E-state index is 0.232. The largest absolute Gasteiger partial charge is 0.491 e. The molecule has 1 aliphatic rings. The average molecular weight is 277 g/mol. The van der Waals surface area contributed by atoms with Crippen molar-refractivity contribution in [2.24, 2.45) is 11.1 Å². The van der Waals surface area contributed by atoms with Gasteiger partial charge in [-0.2, -0.15) is 0 Å². The Hall–Kier alpha value is -1.06. The Morgan fingerprint density at radius 2 is 2.00 bits per heavy atom. The Bertz CT molecular complexity index is 431. The zero-order valence-corrected chi connectivity index (χ0v) is 12.9. The summed E-state index contributed by atoms with van der Waals surface area (Å²) >= 11 is 0. The Morgan fingerprint density at radius 3 is 2.75 bits per heavy atom. The van der Waals surface area contributed by atoms with Crippen molar-refractivity contribution in [2.45, 2.75) is 45.1 Å². The molecule has 2 atom stereocenters. The van der Waals surface area contributed by atoms with Crippen LogP contribution >= 0.6 is 0 Å². The lowest BCUT2D eigenvalue weighted by atomic mass is 9.68. The van der Waals surface area contributed by atoms with Gasteiger partial charge in [0.05, 0.1) is 6.61 Å². The van der Waals surface area contributed by atoms with E-state index in [1.807, 2.05) is 12.1 Å². The van der Waals surface area contributed by atoms with Gasteiger partial charge in [0.25, 0.3) is 0 Å². The quantitative estimate of drug-likeness (QED) is 0.840. The molecule has 0 aliphatic heterocycles. The fraction of sp³-hybridized carbons (Fsp3) is 0.647. The van der Waals surface area contributed by atoms with Gasteiger partial charge in [0.1, 0.15) is 12.4 Å². The van der Waals surface area contributed by atoms with Crippen LogP contribution in [0.3, 0.4) is 0 Å². The molecule has 2 N–H and O–H groups in total. The first-order chi connectivity index (χ1) is 9.53. The zero-order chi connectivity index (χ0) is 14.6. The molecule has 0 bridgehead atoms. The standard InChI is InChI=1S/C17H27NO2/c1-17(2)9-8-15(18)14(12-17)13-6-4-5-7-16(13)20-11-10-19-3/h4-7,14-15H,8-12,18H2,1-3H3. The fourth-order valence-corrected chi connectivity index (χ4v) is 3.10. The van der Waals surface area contributed by atoms with Gasteiger partial charge < -0.3 is 15.2 Å². The number of methoxy groups -OCH3 is 1. The van der Waals surface area contributed by atoms with Crippen LogP contribution in [0.25, 0.3) is 0 Å². The first-order valence-electron chi connectivity index (χ1n) is 7.50. The maximum Gasteiger partial charge on any atom is 0.122 e. The SMILES string of the molecule is COCCOc1ccccc1C1CC(C)(C)CCC1N. The van der Waals surface area contributed by atoms with Crippen molar-refractivity contribution in [1.29, 1.82) is 0 Å². The summed E-state index contributed by atoms with van der Waals surface area (Å²) in [5.41, 5.74) is 7.99. The van der Waals surface area contributed by atoms with Crippen LogP contribution in [0.2, 0.25) is 0 Å². The van der Waals surface area contributed by atoms with Crippen LogP contribution in [0.15, 0.2) is 24.3 Å². The van der Waals surface area contributed by atoms with E-state index in [2.05, 4.69) is 26.0 Å². The molecule has 1 aliphatic carbocycles. The number of ether oxygens (including phenoxy) is 2. The van der Waals surface area contributed by atoms with Crippen LogP contribution in [0.4, 0.5) is 0 Å². The third kappa shape index (κ3) is 3.74. The summed E-state index contributed by atoms with van der Waals surface area (Å²) in [6.45, 7) is 5.86. The summed E-state index contributed by atoms with van der Waals surface area (Å²) in [4.78, 5) is 0. The highest BCUT2D eigenvalue weighted by molar-refractivity contribution is 5.37. The predicted octanol–water partition coefficient (Wildman–Crippen LogP) is 3.33. The molecule has 0 aromatic heterocycles. The molecule has 2 unspecified atom stereocenters. The number of nitrogens with two attached hydrogens (primary N) is 1. The fourth-order valence-electron chi connectivity index (χ4n) is 3.10. The summed E-state index contributed by atoms with van der Waals surface area (Å²) in [6, 6.07) is 8.53. The monoisotopic (exact) mass is 277 g/mol. The van der Waals surface area contributed by atoms with Crippen molar-refractivity contribution >= 4 is 0 Å². The minimum Gasteiger partial charge on any atom is -0.491 e. The van der Waals surface area contributed by atoms with Gasteiger partial charge in [-0.25, -0.2) is 0 Å². The number of para-hydroxylation sites is 1. The molecule has 20 heavy (non-hydrogen) atoms. The highest BCUT2D eigenvalue weighted by Crippen LogP contribution is 2.44. The molecule has 1 fully saturated rings. The summed E-state index contributed by atoms with van der Waals surface area (Å²) in [5, 5.41) is 0. The Balaban J connectivity index is 2.17. The maximum absolute atomic E-state index is 6.38. The predicted molar refractivity (Wildman–Crippen MR) is 82.2 cm³/mol. The molecule has 0 heterocycles. The molecule has 0 amide bonds. The molecule has 3 nitrogen and oxygen atoms in total. The van der Waals surface area contributed by atoms with E-state index in [1.54, 1.807) is 7.11 Å². The molecule has 1 aromatic rings. The van der Waals surface area contributed by atoms with Gasteiger partial charge in [0.2, 0.25) is 0 Å². The van der Waals surface area contributed by atoms with Crippen LogP contribution in [-0.2, 0) is 4.74 Å². The van der Waals surface area contributed by atoms with E-state index >= 15 is 0 Å². The van der Waals surface area contributed by atoms with E-state index in [-0.39, 0.29) is 6.04 Å². The number of hydrogen-bond acceptors (Lipinski definition) is 3. The van der Waals surface area contributed by atoms with E-state index < -0.39 is 0 Å². The van der Waals surface area contributed by atoms with Crippen LogP contribution in [0.5, 0.6) is 5.75 Å². The molecule has 2 rings (SSSR count). The first kappa shape index (κ1) is 15.3. The van der Waals surface area contributed by atoms with Crippen LogP contribution in [0.1, 0.15) is 44.6 Å². The Morgan fingerprint density at radius 1 is 1.25 bits per heavy atom. The highest BCUT2D eigenvalue weighted by atomic mass is 16.5. The summed E-state index contributed by atoms with van der Waals surface area (Å²) in [7, 11) is 1.69. The highest BCUT2D eigenvalue weighted by Gasteiger charge is 2.35. The molecule has 3 heteroatoms. The van der Waals surface area contributed by atoms with Crippen molar-refractivity contribution in [3.8, 4) is 5.75 Å². The molecular formula is C17H27NO2. The lowest BCUT2D eigenvalue weighted by molar-refractivity contribution is 0.143. The molecule has 0 spiro atoms. The van der Waals surface area contributed by atoms with E-state index in [1.165, 1.54) is 12.0 Å². The van der Waals surface area contributed by atoms with Crippen LogP contribution < -0.4 is 10.5 Å². The second kappa shape index (κ2) is 6.59. The average Bonchev–Trinajstić information content (AvgIpc) is 2.43.